The molecule has 0 bridgehead atoms. The summed E-state index contributed by atoms with van der Waals surface area (Å²) < 4.78 is 0. The van der Waals surface area contributed by atoms with Gasteiger partial charge in [-0.1, -0.05) is 38.8 Å². The Hall–Kier alpha value is -1.70. The summed E-state index contributed by atoms with van der Waals surface area (Å²) in [6, 6.07) is 8.95. The largest absolute Gasteiger partial charge is 0.242 e. The molecule has 0 radical (unpaired) electrons. The molecule has 0 spiro atoms. The third-order valence-electron chi connectivity index (χ3n) is 4.89. The van der Waals surface area contributed by atoms with Crippen LogP contribution in [0, 0.1) is 12.8 Å². The van der Waals surface area contributed by atoms with Crippen molar-refractivity contribution >= 4 is 0 Å². The summed E-state index contributed by atoms with van der Waals surface area (Å²) in [5, 5.41) is 0. The van der Waals surface area contributed by atoms with Crippen LogP contribution < -0.4 is 0 Å². The van der Waals surface area contributed by atoms with Gasteiger partial charge in [-0.25, -0.2) is 9.97 Å². The Morgan fingerprint density at radius 2 is 1.95 bits per heavy atom. The van der Waals surface area contributed by atoms with E-state index in [1.54, 1.807) is 5.56 Å². The van der Waals surface area contributed by atoms with Gasteiger partial charge in [0.2, 0.25) is 0 Å². The molecule has 3 rings (SSSR count). The first-order valence-electron chi connectivity index (χ1n) is 8.56. The van der Waals surface area contributed by atoms with Crippen LogP contribution in [0.5, 0.6) is 0 Å². The van der Waals surface area contributed by atoms with Crippen LogP contribution in [0.4, 0.5) is 0 Å². The van der Waals surface area contributed by atoms with Crippen LogP contribution in [0.15, 0.2) is 30.5 Å². The fraction of sp³-hybridized carbons (Fsp3) is 0.500. The lowest BCUT2D eigenvalue weighted by Crippen LogP contribution is -2.03. The zero-order valence-corrected chi connectivity index (χ0v) is 14.0. The maximum atomic E-state index is 4.57. The van der Waals surface area contributed by atoms with Crippen LogP contribution in [0.3, 0.4) is 0 Å². The Morgan fingerprint density at radius 3 is 2.77 bits per heavy atom. The van der Waals surface area contributed by atoms with E-state index in [9.17, 15) is 0 Å². The fourth-order valence-electron chi connectivity index (χ4n) is 3.74. The molecular weight excluding hydrogens is 268 g/mol. The number of benzene rings is 1. The number of fused-ring (bicyclic) bond motifs is 1. The molecule has 0 N–H and O–H groups in total. The summed E-state index contributed by atoms with van der Waals surface area (Å²) in [5.74, 6) is 2.33. The number of aromatic nitrogens is 2. The van der Waals surface area contributed by atoms with E-state index in [-0.39, 0.29) is 0 Å². The maximum absolute atomic E-state index is 4.57. The molecule has 1 aromatic carbocycles. The van der Waals surface area contributed by atoms with Crippen molar-refractivity contribution in [2.45, 2.75) is 58.8 Å². The first-order chi connectivity index (χ1) is 10.6. The average Bonchev–Trinajstić information content (AvgIpc) is 2.57. The molecule has 1 aromatic heterocycles. The Labute approximate surface area is 134 Å². The molecule has 0 saturated heterocycles. The van der Waals surface area contributed by atoms with E-state index in [2.05, 4.69) is 42.0 Å². The van der Waals surface area contributed by atoms with Gasteiger partial charge in [-0.3, -0.25) is 0 Å². The van der Waals surface area contributed by atoms with Crippen LogP contribution in [0.25, 0.3) is 11.3 Å². The van der Waals surface area contributed by atoms with Gasteiger partial charge in [-0.15, -0.1) is 0 Å². The van der Waals surface area contributed by atoms with E-state index in [1.807, 2.05) is 19.2 Å². The lowest BCUT2D eigenvalue weighted by atomic mass is 9.87. The van der Waals surface area contributed by atoms with Crippen LogP contribution in [0.1, 0.15) is 62.4 Å². The van der Waals surface area contributed by atoms with Gasteiger partial charge >= 0.3 is 0 Å². The first-order valence-corrected chi connectivity index (χ1v) is 8.56. The molecule has 116 valence electrons. The minimum absolute atomic E-state index is 0.657. The smallest absolute Gasteiger partial charge is 0.125 e. The monoisotopic (exact) mass is 294 g/mol. The minimum Gasteiger partial charge on any atom is -0.242 e. The van der Waals surface area contributed by atoms with Crippen molar-refractivity contribution in [1.29, 1.82) is 0 Å². The third kappa shape index (κ3) is 3.37. The van der Waals surface area contributed by atoms with E-state index >= 15 is 0 Å². The maximum Gasteiger partial charge on any atom is 0.125 e. The molecule has 2 atom stereocenters. The van der Waals surface area contributed by atoms with Gasteiger partial charge in [0, 0.05) is 11.8 Å². The molecule has 1 heterocycles. The molecular formula is C20H26N2. The number of aryl methyl sites for hydroxylation is 2. The fourth-order valence-corrected chi connectivity index (χ4v) is 3.74. The number of rotatable bonds is 1. The molecule has 2 unspecified atom stereocenters. The van der Waals surface area contributed by atoms with Crippen molar-refractivity contribution < 1.29 is 0 Å². The molecule has 1 aliphatic rings. The lowest BCUT2D eigenvalue weighted by Gasteiger charge is -2.19. The highest BCUT2D eigenvalue weighted by molar-refractivity contribution is 5.61. The summed E-state index contributed by atoms with van der Waals surface area (Å²) in [6.45, 7) is 6.74. The van der Waals surface area contributed by atoms with Gasteiger partial charge in [0.1, 0.15) is 5.82 Å². The van der Waals surface area contributed by atoms with Crippen molar-refractivity contribution in [2.75, 3.05) is 0 Å². The van der Waals surface area contributed by atoms with Crippen molar-refractivity contribution in [3.63, 3.8) is 0 Å². The number of nitrogens with zero attached hydrogens (tertiary/aromatic N) is 2. The van der Waals surface area contributed by atoms with Crippen LogP contribution in [-0.4, -0.2) is 9.97 Å². The van der Waals surface area contributed by atoms with Crippen LogP contribution in [0.2, 0.25) is 0 Å². The van der Waals surface area contributed by atoms with E-state index in [0.29, 0.717) is 5.92 Å². The van der Waals surface area contributed by atoms with Crippen LogP contribution in [-0.2, 0) is 6.42 Å². The summed E-state index contributed by atoms with van der Waals surface area (Å²) >= 11 is 0. The molecule has 2 heteroatoms. The molecule has 0 amide bonds. The second-order valence-corrected chi connectivity index (χ2v) is 6.89. The van der Waals surface area contributed by atoms with Gasteiger partial charge in [0.25, 0.3) is 0 Å². The van der Waals surface area contributed by atoms with Crippen molar-refractivity contribution in [3.05, 3.63) is 47.4 Å². The van der Waals surface area contributed by atoms with E-state index in [4.69, 9.17) is 0 Å². The highest BCUT2D eigenvalue weighted by atomic mass is 14.9. The van der Waals surface area contributed by atoms with Gasteiger partial charge < -0.3 is 0 Å². The molecule has 0 aliphatic heterocycles. The van der Waals surface area contributed by atoms with Crippen molar-refractivity contribution in [3.8, 4) is 11.3 Å². The summed E-state index contributed by atoms with van der Waals surface area (Å²) in [7, 11) is 0. The SMILES string of the molecule is Cc1nccc(-c2ccc3c(c2)CCCCC(C)CC3C)n1. The molecule has 0 fully saturated rings. The Morgan fingerprint density at radius 1 is 1.09 bits per heavy atom. The highest BCUT2D eigenvalue weighted by Gasteiger charge is 2.17. The predicted molar refractivity (Wildman–Crippen MR) is 92.0 cm³/mol. The van der Waals surface area contributed by atoms with Crippen molar-refractivity contribution in [2.24, 2.45) is 5.92 Å². The van der Waals surface area contributed by atoms with E-state index in [0.717, 1.165) is 17.4 Å². The Balaban J connectivity index is 1.97. The third-order valence-corrected chi connectivity index (χ3v) is 4.89. The van der Waals surface area contributed by atoms with Gasteiger partial charge in [0.05, 0.1) is 5.69 Å². The zero-order chi connectivity index (χ0) is 15.5. The van der Waals surface area contributed by atoms with Gasteiger partial charge in [0.15, 0.2) is 0 Å². The van der Waals surface area contributed by atoms with Gasteiger partial charge in [-0.2, -0.15) is 0 Å². The molecule has 2 aromatic rings. The quantitative estimate of drug-likeness (QED) is 0.712. The average molecular weight is 294 g/mol. The Bertz CT molecular complexity index is 648. The highest BCUT2D eigenvalue weighted by Crippen LogP contribution is 2.33. The second-order valence-electron chi connectivity index (χ2n) is 6.89. The lowest BCUT2D eigenvalue weighted by molar-refractivity contribution is 0.442. The summed E-state index contributed by atoms with van der Waals surface area (Å²) in [5.41, 5.74) is 5.33. The number of hydrogen-bond donors (Lipinski definition) is 0. The molecule has 1 aliphatic carbocycles. The molecule has 2 nitrogen and oxygen atoms in total. The predicted octanol–water partition coefficient (Wildman–Crippen LogP) is 5.31. The topological polar surface area (TPSA) is 25.8 Å². The van der Waals surface area contributed by atoms with E-state index in [1.165, 1.54) is 43.2 Å². The molecule has 0 saturated carbocycles. The molecule has 22 heavy (non-hydrogen) atoms. The second kappa shape index (κ2) is 6.60. The summed E-state index contributed by atoms with van der Waals surface area (Å²) in [6.07, 6.45) is 8.38. The van der Waals surface area contributed by atoms with Crippen LogP contribution >= 0.6 is 0 Å². The van der Waals surface area contributed by atoms with Gasteiger partial charge in [-0.05, 0) is 61.3 Å². The normalized spacial score (nSPS) is 22.3. The zero-order valence-electron chi connectivity index (χ0n) is 14.0. The van der Waals surface area contributed by atoms with E-state index < -0.39 is 0 Å². The standard InChI is InChI=1S/C20H26N2/c1-14-6-4-5-7-17-13-18(8-9-19(17)15(2)12-14)20-10-11-21-16(3)22-20/h8-11,13-15H,4-7,12H2,1-3H3. The number of hydrogen-bond acceptors (Lipinski definition) is 2. The van der Waals surface area contributed by atoms with Crippen molar-refractivity contribution in [1.82, 2.24) is 9.97 Å². The minimum atomic E-state index is 0.657. The Kier molecular flexibility index (Phi) is 4.56. The first kappa shape index (κ1) is 15.2. The summed E-state index contributed by atoms with van der Waals surface area (Å²) in [4.78, 5) is 8.77.